The number of carboxylic acids is 1. The first-order valence-electron chi connectivity index (χ1n) is 4.65. The summed E-state index contributed by atoms with van der Waals surface area (Å²) in [5.74, 6) is -0.663. The highest BCUT2D eigenvalue weighted by atomic mass is 16.4. The largest absolute Gasteiger partial charge is 0.481 e. The monoisotopic (exact) mass is 169 g/mol. The predicted molar refractivity (Wildman–Crippen MR) is 44.9 cm³/mol. The summed E-state index contributed by atoms with van der Waals surface area (Å²) in [6, 6.07) is 0. The van der Waals surface area contributed by atoms with Crippen molar-refractivity contribution in [1.82, 2.24) is 5.32 Å². The van der Waals surface area contributed by atoms with Crippen LogP contribution in [0.15, 0.2) is 0 Å². The predicted octanol–water partition coefficient (Wildman–Crippen LogP) is 0.851. The summed E-state index contributed by atoms with van der Waals surface area (Å²) in [5.41, 5.74) is 0.350. The van der Waals surface area contributed by atoms with E-state index >= 15 is 0 Å². The van der Waals surface area contributed by atoms with Gasteiger partial charge in [0.25, 0.3) is 0 Å². The van der Waals surface area contributed by atoms with Gasteiger partial charge in [-0.15, -0.1) is 0 Å². The Morgan fingerprint density at radius 2 is 2.33 bits per heavy atom. The normalized spacial score (nSPS) is 40.8. The van der Waals surface area contributed by atoms with Gasteiger partial charge in [-0.1, -0.05) is 0 Å². The highest BCUT2D eigenvalue weighted by molar-refractivity contribution is 5.70. The molecule has 0 bridgehead atoms. The molecule has 1 aliphatic heterocycles. The number of rotatable bonds is 1. The van der Waals surface area contributed by atoms with Gasteiger partial charge in [-0.2, -0.15) is 0 Å². The fraction of sp³-hybridized carbons (Fsp3) is 0.889. The van der Waals surface area contributed by atoms with Gasteiger partial charge >= 0.3 is 5.97 Å². The highest BCUT2D eigenvalue weighted by Gasteiger charge is 2.43. The van der Waals surface area contributed by atoms with Crippen LogP contribution in [-0.4, -0.2) is 24.2 Å². The molecular weight excluding hydrogens is 154 g/mol. The van der Waals surface area contributed by atoms with Crippen LogP contribution < -0.4 is 5.32 Å². The zero-order valence-electron chi connectivity index (χ0n) is 7.18. The molecule has 0 amide bonds. The molecule has 2 fully saturated rings. The molecule has 0 aromatic heterocycles. The van der Waals surface area contributed by atoms with Crippen molar-refractivity contribution in [3.05, 3.63) is 0 Å². The molecule has 1 spiro atoms. The van der Waals surface area contributed by atoms with E-state index in [1.807, 2.05) is 0 Å². The number of carbonyl (C=O) groups is 1. The Bertz CT molecular complexity index is 197. The van der Waals surface area contributed by atoms with Crippen molar-refractivity contribution in [2.45, 2.75) is 25.7 Å². The van der Waals surface area contributed by atoms with Crippen molar-refractivity contribution < 1.29 is 9.90 Å². The minimum atomic E-state index is -0.598. The Morgan fingerprint density at radius 1 is 1.50 bits per heavy atom. The maximum Gasteiger partial charge on any atom is 0.306 e. The lowest BCUT2D eigenvalue weighted by atomic mass is 9.84. The Balaban J connectivity index is 2.01. The molecule has 1 heterocycles. The van der Waals surface area contributed by atoms with E-state index in [4.69, 9.17) is 5.11 Å². The smallest absolute Gasteiger partial charge is 0.306 e. The van der Waals surface area contributed by atoms with Crippen molar-refractivity contribution in [3.63, 3.8) is 0 Å². The third kappa shape index (κ3) is 1.22. The molecule has 1 aliphatic carbocycles. The molecular formula is C9H15NO2. The van der Waals surface area contributed by atoms with Gasteiger partial charge in [0.2, 0.25) is 0 Å². The van der Waals surface area contributed by atoms with Crippen molar-refractivity contribution in [2.24, 2.45) is 11.3 Å². The van der Waals surface area contributed by atoms with Gasteiger partial charge in [-0.05, 0) is 37.6 Å². The minimum Gasteiger partial charge on any atom is -0.481 e. The molecule has 2 N–H and O–H groups in total. The van der Waals surface area contributed by atoms with Crippen LogP contribution in [0.2, 0.25) is 0 Å². The van der Waals surface area contributed by atoms with E-state index in [-0.39, 0.29) is 5.92 Å². The first kappa shape index (κ1) is 8.05. The lowest BCUT2D eigenvalue weighted by molar-refractivity contribution is -0.141. The summed E-state index contributed by atoms with van der Waals surface area (Å²) in [4.78, 5) is 10.7. The summed E-state index contributed by atoms with van der Waals surface area (Å²) in [7, 11) is 0. The quantitative estimate of drug-likeness (QED) is 0.612. The molecule has 0 aromatic carbocycles. The van der Waals surface area contributed by atoms with Gasteiger partial charge in [0.1, 0.15) is 0 Å². The van der Waals surface area contributed by atoms with Crippen LogP contribution in [0.4, 0.5) is 0 Å². The molecule has 12 heavy (non-hydrogen) atoms. The zero-order valence-corrected chi connectivity index (χ0v) is 7.18. The van der Waals surface area contributed by atoms with Crippen molar-refractivity contribution in [3.8, 4) is 0 Å². The third-order valence-electron chi connectivity index (χ3n) is 3.38. The molecule has 2 aliphatic rings. The molecule has 2 atom stereocenters. The van der Waals surface area contributed by atoms with E-state index in [9.17, 15) is 4.79 Å². The highest BCUT2D eigenvalue weighted by Crippen LogP contribution is 2.45. The Labute approximate surface area is 72.2 Å². The van der Waals surface area contributed by atoms with Crippen molar-refractivity contribution in [1.29, 1.82) is 0 Å². The van der Waals surface area contributed by atoms with Crippen LogP contribution in [0.1, 0.15) is 25.7 Å². The first-order valence-corrected chi connectivity index (χ1v) is 4.65. The summed E-state index contributed by atoms with van der Waals surface area (Å²) in [6.45, 7) is 2.11. The fourth-order valence-corrected chi connectivity index (χ4v) is 2.60. The van der Waals surface area contributed by atoms with E-state index < -0.39 is 5.97 Å². The molecule has 2 rings (SSSR count). The molecule has 68 valence electrons. The van der Waals surface area contributed by atoms with E-state index in [0.29, 0.717) is 5.41 Å². The van der Waals surface area contributed by atoms with Gasteiger partial charge < -0.3 is 10.4 Å². The number of carboxylic acid groups (broad SMARTS) is 1. The van der Waals surface area contributed by atoms with Crippen LogP contribution in [-0.2, 0) is 4.79 Å². The van der Waals surface area contributed by atoms with E-state index in [1.165, 1.54) is 6.42 Å². The molecule has 3 nitrogen and oxygen atoms in total. The number of nitrogens with one attached hydrogen (secondary N) is 1. The second-order valence-corrected chi connectivity index (χ2v) is 4.20. The SMILES string of the molecule is O=C(O)[C@H]1CC[C@]2(CCNC2)C1. The van der Waals surface area contributed by atoms with Crippen LogP contribution in [0, 0.1) is 11.3 Å². The molecule has 1 saturated heterocycles. The average molecular weight is 169 g/mol. The second-order valence-electron chi connectivity index (χ2n) is 4.20. The number of hydrogen-bond donors (Lipinski definition) is 2. The van der Waals surface area contributed by atoms with Gasteiger partial charge in [-0.25, -0.2) is 0 Å². The van der Waals surface area contributed by atoms with Crippen molar-refractivity contribution >= 4 is 5.97 Å². The molecule has 3 heteroatoms. The summed E-state index contributed by atoms with van der Waals surface area (Å²) >= 11 is 0. The molecule has 0 unspecified atom stereocenters. The lowest BCUT2D eigenvalue weighted by Gasteiger charge is -2.20. The topological polar surface area (TPSA) is 49.3 Å². The van der Waals surface area contributed by atoms with Crippen LogP contribution in [0.5, 0.6) is 0 Å². The van der Waals surface area contributed by atoms with Crippen molar-refractivity contribution in [2.75, 3.05) is 13.1 Å². The standard InChI is InChI=1S/C9H15NO2/c11-8(12)7-1-2-9(5-7)3-4-10-6-9/h7,10H,1-6H2,(H,11,12)/t7-,9-/m0/s1. The Hall–Kier alpha value is -0.570. The maximum absolute atomic E-state index is 10.7. The molecule has 1 saturated carbocycles. The van der Waals surface area contributed by atoms with Gasteiger partial charge in [-0.3, -0.25) is 4.79 Å². The third-order valence-corrected chi connectivity index (χ3v) is 3.38. The van der Waals surface area contributed by atoms with E-state index in [2.05, 4.69) is 5.32 Å². The first-order chi connectivity index (χ1) is 5.72. The fourth-order valence-electron chi connectivity index (χ4n) is 2.60. The van der Waals surface area contributed by atoms with Gasteiger partial charge in [0.15, 0.2) is 0 Å². The van der Waals surface area contributed by atoms with E-state index in [1.54, 1.807) is 0 Å². The molecule has 0 radical (unpaired) electrons. The number of hydrogen-bond acceptors (Lipinski definition) is 2. The minimum absolute atomic E-state index is 0.0649. The molecule has 0 aromatic rings. The summed E-state index contributed by atoms with van der Waals surface area (Å²) < 4.78 is 0. The van der Waals surface area contributed by atoms with Crippen LogP contribution >= 0.6 is 0 Å². The summed E-state index contributed by atoms with van der Waals surface area (Å²) in [5, 5.41) is 12.2. The maximum atomic E-state index is 10.7. The van der Waals surface area contributed by atoms with Gasteiger partial charge in [0, 0.05) is 6.54 Å². The Morgan fingerprint density at radius 3 is 2.83 bits per heavy atom. The van der Waals surface area contributed by atoms with Crippen LogP contribution in [0.3, 0.4) is 0 Å². The van der Waals surface area contributed by atoms with Crippen LogP contribution in [0.25, 0.3) is 0 Å². The zero-order chi connectivity index (χ0) is 8.60. The average Bonchev–Trinajstić information content (AvgIpc) is 2.62. The summed E-state index contributed by atoms with van der Waals surface area (Å²) in [6.07, 6.45) is 4.07. The second kappa shape index (κ2) is 2.73. The number of aliphatic carboxylic acids is 1. The lowest BCUT2D eigenvalue weighted by Crippen LogP contribution is -2.21. The van der Waals surface area contributed by atoms with Gasteiger partial charge in [0.05, 0.1) is 5.92 Å². The Kier molecular flexibility index (Phi) is 1.83. The van der Waals surface area contributed by atoms with E-state index in [0.717, 1.165) is 32.4 Å².